The molecule has 8 amide bonds. The first-order valence-corrected chi connectivity index (χ1v) is 36.7. The number of likely N-dealkylation sites (N-methyl/N-ethyl adjacent to an activating group) is 1. The molecule has 0 saturated carbocycles. The van der Waals surface area contributed by atoms with Gasteiger partial charge in [-0.2, -0.15) is 30.5 Å². The molecule has 5 fully saturated rings. The first-order chi connectivity index (χ1) is 49.6. The minimum absolute atomic E-state index is 0. The fourth-order valence-electron chi connectivity index (χ4n) is 12.9. The van der Waals surface area contributed by atoms with Gasteiger partial charge in [-0.1, -0.05) is 161 Å². The number of aryl methyl sites for hydroxylation is 4. The number of carbonyl (C=O) groups is 4. The number of urea groups is 4. The van der Waals surface area contributed by atoms with E-state index >= 15 is 0 Å². The normalized spacial score (nSPS) is 20.5. The fourth-order valence-corrected chi connectivity index (χ4v) is 15.3. The molecule has 4 atom stereocenters. The molecule has 7 aromatic rings. The Hall–Kier alpha value is -8.43. The molecule has 9 aliphatic rings. The minimum Gasteiger partial charge on any atom is -0.470 e. The van der Waals surface area contributed by atoms with Crippen LogP contribution in [0.3, 0.4) is 0 Å². The summed E-state index contributed by atoms with van der Waals surface area (Å²) in [4.78, 5) is 69.1. The summed E-state index contributed by atoms with van der Waals surface area (Å²) in [5, 5.41) is 22.3. The van der Waals surface area contributed by atoms with Crippen LogP contribution < -0.4 is 45.8 Å². The maximum absolute atomic E-state index is 12.1. The number of amides is 8. The molecular weight excluding hydrogens is 1410 g/mol. The fraction of sp³-hybridized carbons (Fsp3) is 0.355. The summed E-state index contributed by atoms with van der Waals surface area (Å²) >= 11 is 3.44. The third-order valence-electron chi connectivity index (χ3n) is 19.1. The number of benzene rings is 3. The number of halogens is 1. The summed E-state index contributed by atoms with van der Waals surface area (Å²) < 4.78 is 20.1. The standard InChI is InChI=1S/C15H15P.C13H16N4O2.C12H16N4O.C11H13N4O.C10H17BN2O2.C9H11BrN2O2.C6H6.Na/c1-2-13-16(14-9-5-3-6-10-14)15-11-7-4-8-12-15;1-3-8-19-17-12-9-16(13(17)18)7-5-10(12)11-4-6-14-15(11)2;1-3-16-11-8-15(12(16)17)7-5-9(11)10-4-6-13-14(10)2;1-13-10-7-15(11(13)16)6-4-8(10)9-3-5-12-14(9)2;1-9(2)10(3,4)15-11(14-9)8-6-7-12-13(8)5;1-2-5-14-12-8-6-11(9(12)13)4-3-7(8)10;1-2-4-6-5-3-1;/h2-13H,1H3;3-6,12H,1,7-9H2,2H3;4-6,11H,3,7-8H2,1-2H3;3-5,10H,1,6-7H2,2H3;6-7H,1-5H3;2-3,8H,1,4-6H2;1-6H;/q;;;-1;;;;+1/b13-2+;;;;;;;. The second kappa shape index (κ2) is 36.5. The van der Waals surface area contributed by atoms with E-state index in [2.05, 4.69) is 154 Å². The first-order valence-electron chi connectivity index (χ1n) is 34.5. The van der Waals surface area contributed by atoms with Crippen molar-refractivity contribution in [2.45, 2.75) is 76.9 Å². The van der Waals surface area contributed by atoms with Crippen molar-refractivity contribution in [1.29, 1.82) is 0 Å². The van der Waals surface area contributed by atoms with Crippen LogP contribution in [0.4, 0.5) is 19.2 Å². The molecule has 0 spiro atoms. The summed E-state index contributed by atoms with van der Waals surface area (Å²) in [7, 11) is 10.8. The van der Waals surface area contributed by atoms with Gasteiger partial charge >= 0.3 is 54.8 Å². The number of hydrogen-bond donors (Lipinski definition) is 0. The first kappa shape index (κ1) is 79.7. The number of carbonyl (C=O) groups excluding carboxylic acids is 4. The van der Waals surface area contributed by atoms with Crippen LogP contribution in [0.1, 0.15) is 58.6 Å². The molecule has 13 heterocycles. The molecule has 542 valence electrons. The molecule has 9 aliphatic heterocycles. The van der Waals surface area contributed by atoms with Crippen molar-refractivity contribution in [2.24, 2.45) is 28.2 Å². The zero-order chi connectivity index (χ0) is 73.5. The summed E-state index contributed by atoms with van der Waals surface area (Å²) in [5.74, 6) is 2.31. The number of allylic oxidation sites excluding steroid dienone is 1. The smallest absolute Gasteiger partial charge is 0.470 e. The van der Waals surface area contributed by atoms with Crippen molar-refractivity contribution in [2.75, 3.05) is 72.1 Å². The quantitative estimate of drug-likeness (QED) is 0.0457. The third kappa shape index (κ3) is 18.3. The SMILES string of the molecule is C/C=C/P(c1ccccc1)c1ccccc1.C=CCON1C(=O)N2CC=C(Br)C1C2.C=CCON1C(=O)N2CC=C(c3ccnn3C)C1C2.CCN1C(=O)N2CC=C(c3ccnn3C)C1C2.Cn1nccc1B1OC(C)(C)C(C)(C)O1.[CH2-]N1C(=O)N2CC=C(c3ccnn3C)C1C2.[Na+].c1ccccc1. The summed E-state index contributed by atoms with van der Waals surface area (Å²) in [6, 6.07) is 41.5. The van der Waals surface area contributed by atoms with Crippen LogP contribution in [-0.4, -0.2) is 217 Å². The van der Waals surface area contributed by atoms with Gasteiger partial charge in [-0.05, 0) is 95.5 Å². The zero-order valence-corrected chi connectivity index (χ0v) is 66.0. The van der Waals surface area contributed by atoms with Gasteiger partial charge in [0.05, 0.1) is 66.2 Å². The minimum atomic E-state index is -0.332. The van der Waals surface area contributed by atoms with E-state index < -0.39 is 0 Å². The molecule has 0 N–H and O–H groups in total. The Kier molecular flexibility index (Phi) is 28.0. The van der Waals surface area contributed by atoms with Gasteiger partial charge in [0.25, 0.3) is 6.03 Å². The van der Waals surface area contributed by atoms with E-state index in [1.165, 1.54) is 26.3 Å². The molecule has 3 aromatic carbocycles. The number of hydroxylamine groups is 4. The van der Waals surface area contributed by atoms with E-state index in [1.54, 1.807) is 61.2 Å². The molecule has 4 aromatic heterocycles. The Morgan fingerprint density at radius 3 is 1.34 bits per heavy atom. The monoisotopic (exact) mass is 1500 g/mol. The van der Waals surface area contributed by atoms with E-state index in [4.69, 9.17) is 19.0 Å². The van der Waals surface area contributed by atoms with Gasteiger partial charge in [0, 0.05) is 115 Å². The van der Waals surface area contributed by atoms with Crippen LogP contribution in [0.5, 0.6) is 0 Å². The van der Waals surface area contributed by atoms with Crippen LogP contribution in [0, 0.1) is 7.05 Å². The van der Waals surface area contributed by atoms with Crippen LogP contribution in [0.15, 0.2) is 212 Å². The van der Waals surface area contributed by atoms with Crippen molar-refractivity contribution in [1.82, 2.24) is 78.6 Å². The predicted molar refractivity (Wildman–Crippen MR) is 408 cm³/mol. The Morgan fingerprint density at radius 1 is 0.538 bits per heavy atom. The molecule has 0 aliphatic carbocycles. The van der Waals surface area contributed by atoms with Gasteiger partial charge in [-0.15, -0.1) is 13.2 Å². The van der Waals surface area contributed by atoms with E-state index in [1.807, 2.05) is 153 Å². The molecule has 28 heteroatoms. The predicted octanol–water partition coefficient (Wildman–Crippen LogP) is 7.26. The van der Waals surface area contributed by atoms with Crippen LogP contribution in [-0.2, 0) is 47.2 Å². The second-order valence-corrected chi connectivity index (χ2v) is 29.1. The van der Waals surface area contributed by atoms with Gasteiger partial charge in [-0.25, -0.2) is 14.4 Å². The van der Waals surface area contributed by atoms with Crippen molar-refractivity contribution in [3.63, 3.8) is 0 Å². The largest absolute Gasteiger partial charge is 1.00 e. The molecule has 24 nitrogen and oxygen atoms in total. The number of aromatic nitrogens is 8. The zero-order valence-electron chi connectivity index (χ0n) is 61.5. The van der Waals surface area contributed by atoms with Crippen molar-refractivity contribution < 1.29 is 67.7 Å². The molecule has 16 rings (SSSR count). The second-order valence-electron chi connectivity index (χ2n) is 26.1. The van der Waals surface area contributed by atoms with Crippen LogP contribution >= 0.6 is 23.9 Å². The van der Waals surface area contributed by atoms with Gasteiger partial charge < -0.3 is 38.7 Å². The summed E-state index contributed by atoms with van der Waals surface area (Å²) in [6.07, 6.45) is 20.8. The Morgan fingerprint density at radius 2 is 0.913 bits per heavy atom. The number of hydrogen-bond acceptors (Lipinski definition) is 12. The van der Waals surface area contributed by atoms with Crippen molar-refractivity contribution in [3.8, 4) is 0 Å². The molecule has 104 heavy (non-hydrogen) atoms. The molecule has 5 saturated heterocycles. The summed E-state index contributed by atoms with van der Waals surface area (Å²) in [6.45, 7) is 26.5. The maximum atomic E-state index is 12.1. The van der Waals surface area contributed by atoms with Gasteiger partial charge in [0.2, 0.25) is 0 Å². The Balaban J connectivity index is 0.000000142. The maximum Gasteiger partial charge on any atom is 1.00 e. The van der Waals surface area contributed by atoms with Crippen molar-refractivity contribution in [3.05, 3.63) is 236 Å². The van der Waals surface area contributed by atoms with Crippen LogP contribution in [0.25, 0.3) is 16.7 Å². The molecule has 4 unspecified atom stereocenters. The van der Waals surface area contributed by atoms with Crippen LogP contribution in [0.2, 0.25) is 0 Å². The molecule has 8 bridgehead atoms. The average Bonchev–Trinajstić information content (AvgIpc) is 1.65. The van der Waals surface area contributed by atoms with Gasteiger partial charge in [0.1, 0.15) is 12.1 Å². The number of nitrogens with zero attached hydrogens (tertiary/aromatic N) is 16. The van der Waals surface area contributed by atoms with E-state index in [-0.39, 0.29) is 104 Å². The third-order valence-corrected chi connectivity index (χ3v) is 22.2. The van der Waals surface area contributed by atoms with Gasteiger partial charge in [-0.3, -0.25) is 40.2 Å². The Bertz CT molecular complexity index is 4140. The van der Waals surface area contributed by atoms with Crippen molar-refractivity contribution >= 4 is 88.0 Å². The Labute approximate surface area is 643 Å². The average molecular weight is 1500 g/mol. The van der Waals surface area contributed by atoms with Gasteiger partial charge in [0.15, 0.2) is 0 Å². The number of fused-ring (bicyclic) bond motifs is 8. The number of rotatable bonds is 14. The summed E-state index contributed by atoms with van der Waals surface area (Å²) in [5.41, 5.74) is 7.04. The molecular formula is C76H94BBrN16NaO8P. The van der Waals surface area contributed by atoms with E-state index in [0.717, 1.165) is 57.9 Å². The topological polar surface area (TPSA) is 202 Å². The van der Waals surface area contributed by atoms with E-state index in [0.29, 0.717) is 52.5 Å². The van der Waals surface area contributed by atoms with E-state index in [9.17, 15) is 19.2 Å². The molecule has 0 radical (unpaired) electrons.